The van der Waals surface area contributed by atoms with Crippen LogP contribution in [-0.2, 0) is 11.2 Å². The molecule has 4 nitrogen and oxygen atoms in total. The molecule has 0 saturated carbocycles. The zero-order chi connectivity index (χ0) is 10.8. The van der Waals surface area contributed by atoms with Crippen LogP contribution < -0.4 is 0 Å². The minimum absolute atomic E-state index is 0.0244. The van der Waals surface area contributed by atoms with Gasteiger partial charge in [-0.25, -0.2) is 0 Å². The van der Waals surface area contributed by atoms with E-state index in [2.05, 4.69) is 4.98 Å². The first-order valence-corrected chi connectivity index (χ1v) is 4.46. The maximum atomic E-state index is 10.6. The minimum Gasteiger partial charge on any atom is -0.508 e. The van der Waals surface area contributed by atoms with Crippen molar-refractivity contribution in [1.82, 2.24) is 4.98 Å². The van der Waals surface area contributed by atoms with Crippen LogP contribution in [0.1, 0.15) is 5.56 Å². The number of hydrogen-bond donors (Lipinski definition) is 2. The monoisotopic (exact) mass is 203 g/mol. The Hall–Kier alpha value is -2.10. The first kappa shape index (κ1) is 9.45. The first-order chi connectivity index (χ1) is 7.18. The van der Waals surface area contributed by atoms with E-state index in [4.69, 9.17) is 5.11 Å². The van der Waals surface area contributed by atoms with Crippen LogP contribution >= 0.6 is 0 Å². The molecule has 2 rings (SSSR count). The Kier molecular flexibility index (Phi) is 2.25. The summed E-state index contributed by atoms with van der Waals surface area (Å²) in [5.74, 6) is -1.01. The Labute approximate surface area is 85.8 Å². The van der Waals surface area contributed by atoms with Gasteiger partial charge in [0, 0.05) is 17.1 Å². The number of pyridine rings is 1. The van der Waals surface area contributed by atoms with Gasteiger partial charge in [0.15, 0.2) is 0 Å². The number of aliphatic carboxylic acids is 1. The van der Waals surface area contributed by atoms with Gasteiger partial charge >= 0.3 is 5.97 Å². The summed E-state index contributed by atoms with van der Waals surface area (Å²) < 4.78 is 0. The number of aromatic hydroxyl groups is 1. The molecule has 2 aromatic rings. The lowest BCUT2D eigenvalue weighted by atomic mass is 10.1. The number of phenolic OH excluding ortho intramolecular Hbond substituents is 1. The first-order valence-electron chi connectivity index (χ1n) is 4.46. The van der Waals surface area contributed by atoms with Crippen LogP contribution in [0.15, 0.2) is 30.5 Å². The molecule has 1 aromatic heterocycles. The predicted octanol–water partition coefficient (Wildman–Crippen LogP) is 1.57. The number of phenols is 1. The van der Waals surface area contributed by atoms with Crippen molar-refractivity contribution in [2.24, 2.45) is 0 Å². The number of aromatic nitrogens is 1. The number of hydrogen-bond acceptors (Lipinski definition) is 3. The maximum Gasteiger partial charge on any atom is 0.308 e. The average Bonchev–Trinajstić information content (AvgIpc) is 2.22. The number of fused-ring (bicyclic) bond motifs is 1. The second-order valence-corrected chi connectivity index (χ2v) is 3.21. The molecule has 0 aliphatic heterocycles. The number of benzene rings is 1. The van der Waals surface area contributed by atoms with Crippen molar-refractivity contribution in [3.8, 4) is 5.75 Å². The van der Waals surface area contributed by atoms with Gasteiger partial charge < -0.3 is 10.2 Å². The third kappa shape index (κ3) is 1.74. The van der Waals surface area contributed by atoms with E-state index < -0.39 is 5.97 Å². The SMILES string of the molecule is O=C(O)Cc1c(O)ccc2cccnc12. The van der Waals surface area contributed by atoms with Crippen molar-refractivity contribution in [1.29, 1.82) is 0 Å². The van der Waals surface area contributed by atoms with Gasteiger partial charge in [0.05, 0.1) is 11.9 Å². The maximum absolute atomic E-state index is 10.6. The molecule has 1 aromatic carbocycles. The topological polar surface area (TPSA) is 70.4 Å². The summed E-state index contributed by atoms with van der Waals surface area (Å²) in [5.41, 5.74) is 0.903. The van der Waals surface area contributed by atoms with Crippen molar-refractivity contribution in [2.45, 2.75) is 6.42 Å². The van der Waals surface area contributed by atoms with Gasteiger partial charge in [0.1, 0.15) is 5.75 Å². The van der Waals surface area contributed by atoms with Gasteiger partial charge in [-0.1, -0.05) is 6.07 Å². The van der Waals surface area contributed by atoms with Crippen LogP contribution in [-0.4, -0.2) is 21.2 Å². The lowest BCUT2D eigenvalue weighted by Gasteiger charge is -2.05. The Morgan fingerprint density at radius 2 is 2.13 bits per heavy atom. The molecular formula is C11H9NO3. The van der Waals surface area contributed by atoms with Crippen LogP contribution in [0, 0.1) is 0 Å². The number of carboxylic acids is 1. The fourth-order valence-electron chi connectivity index (χ4n) is 1.52. The Morgan fingerprint density at radius 3 is 2.87 bits per heavy atom. The van der Waals surface area contributed by atoms with E-state index >= 15 is 0 Å². The zero-order valence-corrected chi connectivity index (χ0v) is 7.84. The van der Waals surface area contributed by atoms with Crippen LogP contribution in [0.4, 0.5) is 0 Å². The van der Waals surface area contributed by atoms with E-state index in [1.54, 1.807) is 18.3 Å². The highest BCUT2D eigenvalue weighted by molar-refractivity contribution is 5.87. The average molecular weight is 203 g/mol. The van der Waals surface area contributed by atoms with E-state index in [0.29, 0.717) is 11.1 Å². The fourth-order valence-corrected chi connectivity index (χ4v) is 1.52. The fraction of sp³-hybridized carbons (Fsp3) is 0.0909. The number of nitrogens with zero attached hydrogens (tertiary/aromatic N) is 1. The number of carbonyl (C=O) groups is 1. The van der Waals surface area contributed by atoms with E-state index in [1.165, 1.54) is 6.07 Å². The van der Waals surface area contributed by atoms with E-state index in [1.807, 2.05) is 6.07 Å². The molecule has 0 bridgehead atoms. The summed E-state index contributed by atoms with van der Waals surface area (Å²) in [6, 6.07) is 6.79. The molecule has 0 spiro atoms. The van der Waals surface area contributed by atoms with Crippen molar-refractivity contribution >= 4 is 16.9 Å². The predicted molar refractivity (Wildman–Crippen MR) is 54.7 cm³/mol. The molecule has 15 heavy (non-hydrogen) atoms. The van der Waals surface area contributed by atoms with Crippen LogP contribution in [0.25, 0.3) is 10.9 Å². The van der Waals surface area contributed by atoms with E-state index in [9.17, 15) is 9.90 Å². The third-order valence-electron chi connectivity index (χ3n) is 2.18. The largest absolute Gasteiger partial charge is 0.508 e. The third-order valence-corrected chi connectivity index (χ3v) is 2.18. The molecular weight excluding hydrogens is 194 g/mol. The molecule has 4 heteroatoms. The molecule has 76 valence electrons. The van der Waals surface area contributed by atoms with Crippen molar-refractivity contribution in [3.63, 3.8) is 0 Å². The van der Waals surface area contributed by atoms with Gasteiger partial charge in [-0.15, -0.1) is 0 Å². The summed E-state index contributed by atoms with van der Waals surface area (Å²) in [6.45, 7) is 0. The lowest BCUT2D eigenvalue weighted by molar-refractivity contribution is -0.136. The summed E-state index contributed by atoms with van der Waals surface area (Å²) in [7, 11) is 0. The highest BCUT2D eigenvalue weighted by Gasteiger charge is 2.11. The van der Waals surface area contributed by atoms with Crippen molar-refractivity contribution in [3.05, 3.63) is 36.0 Å². The quantitative estimate of drug-likeness (QED) is 0.777. The molecule has 0 aliphatic rings. The lowest BCUT2D eigenvalue weighted by Crippen LogP contribution is -2.01. The Morgan fingerprint density at radius 1 is 1.33 bits per heavy atom. The molecule has 1 heterocycles. The van der Waals surface area contributed by atoms with Gasteiger partial charge in [0.25, 0.3) is 0 Å². The Balaban J connectivity index is 2.68. The van der Waals surface area contributed by atoms with Crippen molar-refractivity contribution < 1.29 is 15.0 Å². The summed E-state index contributed by atoms with van der Waals surface area (Å²) >= 11 is 0. The summed E-state index contributed by atoms with van der Waals surface area (Å²) in [4.78, 5) is 14.7. The summed E-state index contributed by atoms with van der Waals surface area (Å²) in [6.07, 6.45) is 1.35. The standard InChI is InChI=1S/C11H9NO3/c13-9-4-3-7-2-1-5-12-11(7)8(9)6-10(14)15/h1-5,13H,6H2,(H,14,15). The number of carboxylic acid groups (broad SMARTS) is 1. The second kappa shape index (κ2) is 3.57. The summed E-state index contributed by atoms with van der Waals surface area (Å²) in [5, 5.41) is 19.1. The second-order valence-electron chi connectivity index (χ2n) is 3.21. The smallest absolute Gasteiger partial charge is 0.308 e. The van der Waals surface area contributed by atoms with Gasteiger partial charge in [-0.05, 0) is 18.2 Å². The highest BCUT2D eigenvalue weighted by Crippen LogP contribution is 2.25. The van der Waals surface area contributed by atoms with Crippen LogP contribution in [0.3, 0.4) is 0 Å². The molecule has 2 N–H and O–H groups in total. The molecule has 0 saturated heterocycles. The zero-order valence-electron chi connectivity index (χ0n) is 7.84. The van der Waals surface area contributed by atoms with E-state index in [0.717, 1.165) is 5.39 Å². The molecule has 0 amide bonds. The normalized spacial score (nSPS) is 10.4. The molecule has 0 radical (unpaired) electrons. The molecule has 0 atom stereocenters. The van der Waals surface area contributed by atoms with Crippen LogP contribution in [0.5, 0.6) is 5.75 Å². The highest BCUT2D eigenvalue weighted by atomic mass is 16.4. The van der Waals surface area contributed by atoms with Crippen molar-refractivity contribution in [2.75, 3.05) is 0 Å². The van der Waals surface area contributed by atoms with Gasteiger partial charge in [0.2, 0.25) is 0 Å². The molecule has 0 fully saturated rings. The van der Waals surface area contributed by atoms with E-state index in [-0.39, 0.29) is 12.2 Å². The molecule has 0 aliphatic carbocycles. The van der Waals surface area contributed by atoms with Crippen LogP contribution in [0.2, 0.25) is 0 Å². The Bertz CT molecular complexity index is 522. The van der Waals surface area contributed by atoms with Gasteiger partial charge in [-0.2, -0.15) is 0 Å². The van der Waals surface area contributed by atoms with Gasteiger partial charge in [-0.3, -0.25) is 9.78 Å². The minimum atomic E-state index is -0.983. The number of rotatable bonds is 2. The molecule has 0 unspecified atom stereocenters.